The Morgan fingerprint density at radius 3 is 2.85 bits per heavy atom. The first kappa shape index (κ1) is 16.8. The van der Waals surface area contributed by atoms with Gasteiger partial charge in [-0.3, -0.25) is 4.79 Å². The van der Waals surface area contributed by atoms with Crippen LogP contribution in [0.15, 0.2) is 54.7 Å². The number of amides is 1. The number of aromatic amines is 1. The number of likely N-dealkylation sites (N-methyl/N-ethyl adjacent to an activating group) is 1. The van der Waals surface area contributed by atoms with Gasteiger partial charge in [0.1, 0.15) is 0 Å². The number of rotatable bonds is 4. The van der Waals surface area contributed by atoms with E-state index in [0.717, 1.165) is 22.0 Å². The van der Waals surface area contributed by atoms with Crippen molar-refractivity contribution < 1.29 is 14.6 Å². The van der Waals surface area contributed by atoms with E-state index < -0.39 is 6.10 Å². The molecule has 2 atom stereocenters. The van der Waals surface area contributed by atoms with Gasteiger partial charge in [-0.15, -0.1) is 0 Å². The summed E-state index contributed by atoms with van der Waals surface area (Å²) in [6, 6.07) is 15.5. The molecule has 2 heterocycles. The van der Waals surface area contributed by atoms with Gasteiger partial charge in [0.15, 0.2) is 0 Å². The highest BCUT2D eigenvalue weighted by Crippen LogP contribution is 2.29. The van der Waals surface area contributed by atoms with E-state index >= 15 is 0 Å². The number of hydrogen-bond acceptors (Lipinski definition) is 3. The summed E-state index contributed by atoms with van der Waals surface area (Å²) in [6.45, 7) is 3.11. The third kappa shape index (κ3) is 2.89. The normalized spacial score (nSPS) is 19.8. The Morgan fingerprint density at radius 2 is 2.08 bits per heavy atom. The maximum atomic E-state index is 13.1. The highest BCUT2D eigenvalue weighted by Gasteiger charge is 2.34. The van der Waals surface area contributed by atoms with Crippen molar-refractivity contribution in [2.45, 2.75) is 19.1 Å². The van der Waals surface area contributed by atoms with Crippen molar-refractivity contribution in [2.24, 2.45) is 0 Å². The molecule has 1 amide bonds. The quantitative estimate of drug-likeness (QED) is 0.760. The maximum Gasteiger partial charge on any atom is 0.254 e. The molecule has 0 radical (unpaired) electrons. The van der Waals surface area contributed by atoms with Crippen molar-refractivity contribution in [3.8, 4) is 11.1 Å². The molecule has 1 saturated heterocycles. The molecule has 0 saturated carbocycles. The number of carbonyl (C=O) groups is 1. The molecule has 3 aromatic rings. The van der Waals surface area contributed by atoms with Crippen LogP contribution in [0.2, 0.25) is 0 Å². The second-order valence-electron chi connectivity index (χ2n) is 6.59. The van der Waals surface area contributed by atoms with Crippen molar-refractivity contribution in [3.63, 3.8) is 0 Å². The smallest absolute Gasteiger partial charge is 0.254 e. The van der Waals surface area contributed by atoms with Gasteiger partial charge in [0.25, 0.3) is 5.91 Å². The molecule has 0 aliphatic carbocycles. The number of fused-ring (bicyclic) bond motifs is 1. The molecule has 2 N–H and O–H groups in total. The van der Waals surface area contributed by atoms with Crippen LogP contribution >= 0.6 is 0 Å². The zero-order chi connectivity index (χ0) is 18.1. The number of aromatic nitrogens is 1. The SMILES string of the molecule is CCN(C(=O)c1cccc(-c2cccc3[nH]ccc23)c1)[C@H]1COC[C@@H]1O. The van der Waals surface area contributed by atoms with Crippen molar-refractivity contribution in [1.29, 1.82) is 0 Å². The Balaban J connectivity index is 1.69. The van der Waals surface area contributed by atoms with Crippen LogP contribution in [0.25, 0.3) is 22.0 Å². The fraction of sp³-hybridized carbons (Fsp3) is 0.286. The highest BCUT2D eigenvalue weighted by molar-refractivity contribution is 5.99. The molecule has 1 fully saturated rings. The van der Waals surface area contributed by atoms with Crippen LogP contribution in [0.4, 0.5) is 0 Å². The standard InChI is InChI=1S/C21H22N2O3/c1-2-23(19-12-26-13-20(19)24)21(25)15-6-3-5-14(11-15)16-7-4-8-18-17(16)9-10-22-18/h3-11,19-20,22,24H,2,12-13H2,1H3/t19-,20-/m0/s1. The van der Waals surface area contributed by atoms with Gasteiger partial charge in [0, 0.05) is 29.2 Å². The van der Waals surface area contributed by atoms with Crippen LogP contribution in [-0.4, -0.2) is 52.8 Å². The lowest BCUT2D eigenvalue weighted by atomic mass is 9.99. The molecule has 1 aromatic heterocycles. The number of aliphatic hydroxyl groups excluding tert-OH is 1. The van der Waals surface area contributed by atoms with Crippen molar-refractivity contribution in [1.82, 2.24) is 9.88 Å². The van der Waals surface area contributed by atoms with Crippen LogP contribution in [0.5, 0.6) is 0 Å². The molecule has 26 heavy (non-hydrogen) atoms. The topological polar surface area (TPSA) is 65.6 Å². The molecular formula is C21H22N2O3. The number of hydrogen-bond donors (Lipinski definition) is 2. The number of nitrogens with one attached hydrogen (secondary N) is 1. The summed E-state index contributed by atoms with van der Waals surface area (Å²) in [7, 11) is 0. The van der Waals surface area contributed by atoms with E-state index in [1.807, 2.05) is 55.6 Å². The summed E-state index contributed by atoms with van der Waals surface area (Å²) >= 11 is 0. The second-order valence-corrected chi connectivity index (χ2v) is 6.59. The lowest BCUT2D eigenvalue weighted by molar-refractivity contribution is 0.0520. The third-order valence-corrected chi connectivity index (χ3v) is 5.04. The van der Waals surface area contributed by atoms with Gasteiger partial charge in [-0.2, -0.15) is 0 Å². The van der Waals surface area contributed by atoms with Crippen molar-refractivity contribution in [3.05, 3.63) is 60.3 Å². The predicted molar refractivity (Wildman–Crippen MR) is 101 cm³/mol. The Kier molecular flexibility index (Phi) is 4.49. The molecule has 5 heteroatoms. The Hall–Kier alpha value is -2.63. The van der Waals surface area contributed by atoms with E-state index in [1.54, 1.807) is 4.90 Å². The lowest BCUT2D eigenvalue weighted by Crippen LogP contribution is -2.46. The van der Waals surface area contributed by atoms with E-state index in [9.17, 15) is 9.90 Å². The monoisotopic (exact) mass is 350 g/mol. The van der Waals surface area contributed by atoms with Gasteiger partial charge < -0.3 is 19.7 Å². The second kappa shape index (κ2) is 6.94. The fourth-order valence-corrected chi connectivity index (χ4v) is 3.68. The molecule has 0 spiro atoms. The first-order valence-electron chi connectivity index (χ1n) is 8.92. The molecule has 4 rings (SSSR count). The number of benzene rings is 2. The summed E-state index contributed by atoms with van der Waals surface area (Å²) < 4.78 is 5.32. The van der Waals surface area contributed by atoms with E-state index in [2.05, 4.69) is 11.1 Å². The molecule has 5 nitrogen and oxygen atoms in total. The lowest BCUT2D eigenvalue weighted by Gasteiger charge is -2.29. The largest absolute Gasteiger partial charge is 0.388 e. The molecule has 1 aliphatic heterocycles. The van der Waals surface area contributed by atoms with Gasteiger partial charge in [0.05, 0.1) is 25.4 Å². The van der Waals surface area contributed by atoms with Gasteiger partial charge >= 0.3 is 0 Å². The van der Waals surface area contributed by atoms with Crippen molar-refractivity contribution in [2.75, 3.05) is 19.8 Å². The van der Waals surface area contributed by atoms with Crippen LogP contribution in [-0.2, 0) is 4.74 Å². The number of aliphatic hydroxyl groups is 1. The Morgan fingerprint density at radius 1 is 1.23 bits per heavy atom. The van der Waals surface area contributed by atoms with Crippen LogP contribution < -0.4 is 0 Å². The average molecular weight is 350 g/mol. The number of nitrogens with zero attached hydrogens (tertiary/aromatic N) is 1. The zero-order valence-electron chi connectivity index (χ0n) is 14.7. The van der Waals surface area contributed by atoms with Crippen LogP contribution in [0, 0.1) is 0 Å². The maximum absolute atomic E-state index is 13.1. The summed E-state index contributed by atoms with van der Waals surface area (Å²) in [6.07, 6.45) is 1.29. The number of H-pyrrole nitrogens is 1. The highest BCUT2D eigenvalue weighted by atomic mass is 16.5. The predicted octanol–water partition coefficient (Wildman–Crippen LogP) is 3.06. The minimum atomic E-state index is -0.629. The van der Waals surface area contributed by atoms with Crippen molar-refractivity contribution >= 4 is 16.8 Å². The first-order valence-corrected chi connectivity index (χ1v) is 8.92. The first-order chi connectivity index (χ1) is 12.7. The summed E-state index contributed by atoms with van der Waals surface area (Å²) in [5, 5.41) is 11.2. The van der Waals surface area contributed by atoms with Crippen LogP contribution in [0.1, 0.15) is 17.3 Å². The minimum absolute atomic E-state index is 0.0786. The van der Waals surface area contributed by atoms with E-state index in [1.165, 1.54) is 0 Å². The molecule has 134 valence electrons. The summed E-state index contributed by atoms with van der Waals surface area (Å²) in [4.78, 5) is 18.0. The molecular weight excluding hydrogens is 328 g/mol. The molecule has 2 aromatic carbocycles. The van der Waals surface area contributed by atoms with Gasteiger partial charge in [-0.1, -0.05) is 24.3 Å². The minimum Gasteiger partial charge on any atom is -0.388 e. The average Bonchev–Trinajstić information content (AvgIpc) is 3.31. The molecule has 0 bridgehead atoms. The Bertz CT molecular complexity index is 934. The third-order valence-electron chi connectivity index (χ3n) is 5.04. The fourth-order valence-electron chi connectivity index (χ4n) is 3.68. The Labute approximate surface area is 152 Å². The van der Waals surface area contributed by atoms with Gasteiger partial charge in [-0.05, 0) is 42.3 Å². The number of carbonyl (C=O) groups excluding carboxylic acids is 1. The number of ether oxygens (including phenoxy) is 1. The summed E-state index contributed by atoms with van der Waals surface area (Å²) in [5.74, 6) is -0.0786. The van der Waals surface area contributed by atoms with Gasteiger partial charge in [-0.25, -0.2) is 0 Å². The van der Waals surface area contributed by atoms with E-state index in [-0.39, 0.29) is 18.6 Å². The molecule has 0 unspecified atom stereocenters. The zero-order valence-corrected chi connectivity index (χ0v) is 14.7. The van der Waals surface area contributed by atoms with Crippen LogP contribution in [0.3, 0.4) is 0 Å². The van der Waals surface area contributed by atoms with E-state index in [4.69, 9.17) is 4.74 Å². The summed E-state index contributed by atoms with van der Waals surface area (Å²) in [5.41, 5.74) is 3.78. The molecule has 1 aliphatic rings. The van der Waals surface area contributed by atoms with E-state index in [0.29, 0.717) is 18.7 Å². The van der Waals surface area contributed by atoms with Gasteiger partial charge in [0.2, 0.25) is 0 Å².